The zero-order valence-electron chi connectivity index (χ0n) is 14.1. The van der Waals surface area contributed by atoms with E-state index in [-0.39, 0.29) is 10.9 Å². The third-order valence-corrected chi connectivity index (χ3v) is 4.83. The second-order valence-corrected chi connectivity index (χ2v) is 7.37. The summed E-state index contributed by atoms with van der Waals surface area (Å²) in [5.41, 5.74) is 2.99. The first-order valence-electron chi connectivity index (χ1n) is 7.23. The minimum atomic E-state index is -1.11. The summed E-state index contributed by atoms with van der Waals surface area (Å²) in [6, 6.07) is 3.67. The first kappa shape index (κ1) is 20.4. The number of nitrogens with zero attached hydrogens (tertiary/aromatic N) is 1. The van der Waals surface area contributed by atoms with Crippen molar-refractivity contribution < 1.29 is 19.5 Å². The minimum absolute atomic E-state index is 0.110. The number of anilines is 1. The van der Waals surface area contributed by atoms with Crippen LogP contribution in [-0.2, 0) is 14.4 Å². The van der Waals surface area contributed by atoms with Crippen LogP contribution in [0, 0.1) is 13.8 Å². The summed E-state index contributed by atoms with van der Waals surface area (Å²) in [4.78, 5) is 36.7. The van der Waals surface area contributed by atoms with Crippen molar-refractivity contribution >= 4 is 50.4 Å². The number of hydrogen-bond donors (Lipinski definition) is 1. The normalized spacial score (nSPS) is 10.2. The molecule has 0 aliphatic carbocycles. The molecule has 24 heavy (non-hydrogen) atoms. The van der Waals surface area contributed by atoms with Crippen LogP contribution in [0.25, 0.3) is 0 Å². The molecule has 0 spiro atoms. The van der Waals surface area contributed by atoms with Gasteiger partial charge in [0.2, 0.25) is 11.0 Å². The molecular formula is C17H20BrNO4S. The van der Waals surface area contributed by atoms with Gasteiger partial charge in [-0.05, 0) is 51.0 Å². The summed E-state index contributed by atoms with van der Waals surface area (Å²) in [5.74, 6) is -1.63. The van der Waals surface area contributed by atoms with Gasteiger partial charge in [0.15, 0.2) is 0 Å². The molecule has 1 aromatic rings. The van der Waals surface area contributed by atoms with Crippen LogP contribution >= 0.6 is 27.7 Å². The molecule has 0 atom stereocenters. The number of aliphatic carboxylic acids is 1. The van der Waals surface area contributed by atoms with E-state index in [1.807, 2.05) is 26.0 Å². The number of halogens is 1. The van der Waals surface area contributed by atoms with Gasteiger partial charge in [0.25, 0.3) is 0 Å². The van der Waals surface area contributed by atoms with E-state index in [1.54, 1.807) is 13.8 Å². The molecule has 0 heterocycles. The average molecular weight is 414 g/mol. The number of thioether (sulfide) groups is 1. The van der Waals surface area contributed by atoms with Gasteiger partial charge in [-0.25, -0.2) is 0 Å². The second-order valence-electron chi connectivity index (χ2n) is 5.54. The van der Waals surface area contributed by atoms with Gasteiger partial charge >= 0.3 is 5.97 Å². The molecule has 130 valence electrons. The Kier molecular flexibility index (Phi) is 7.69. The Morgan fingerprint density at radius 3 is 2.42 bits per heavy atom. The van der Waals surface area contributed by atoms with Crippen LogP contribution in [0.15, 0.2) is 28.3 Å². The number of carbonyl (C=O) groups is 3. The number of hydrogen-bond acceptors (Lipinski definition) is 4. The fourth-order valence-corrected chi connectivity index (χ4v) is 3.20. The maximum Gasteiger partial charge on any atom is 0.323 e. The highest BCUT2D eigenvalue weighted by atomic mass is 79.9. The Morgan fingerprint density at radius 2 is 1.88 bits per heavy atom. The Morgan fingerprint density at radius 1 is 1.25 bits per heavy atom. The van der Waals surface area contributed by atoms with Gasteiger partial charge < -0.3 is 5.11 Å². The van der Waals surface area contributed by atoms with E-state index in [9.17, 15) is 14.4 Å². The predicted octanol–water partition coefficient (Wildman–Crippen LogP) is 3.71. The lowest BCUT2D eigenvalue weighted by Gasteiger charge is -2.25. The van der Waals surface area contributed by atoms with Crippen molar-refractivity contribution in [2.75, 3.05) is 17.2 Å². The number of carboxylic acids is 1. The molecule has 0 saturated carbocycles. The number of rotatable bonds is 6. The van der Waals surface area contributed by atoms with Crippen LogP contribution < -0.4 is 4.90 Å². The van der Waals surface area contributed by atoms with Crippen LogP contribution in [0.1, 0.15) is 25.0 Å². The molecule has 5 nitrogen and oxygen atoms in total. The van der Waals surface area contributed by atoms with Gasteiger partial charge in [0.1, 0.15) is 6.54 Å². The van der Waals surface area contributed by atoms with Crippen LogP contribution in [0.4, 0.5) is 5.69 Å². The van der Waals surface area contributed by atoms with Crippen LogP contribution in [0.2, 0.25) is 0 Å². The van der Waals surface area contributed by atoms with Crippen LogP contribution in [0.3, 0.4) is 0 Å². The number of carboxylic acid groups (broad SMARTS) is 1. The fraction of sp³-hybridized carbons (Fsp3) is 0.353. The zero-order chi connectivity index (χ0) is 18.4. The fourth-order valence-electron chi connectivity index (χ4n) is 2.14. The van der Waals surface area contributed by atoms with E-state index in [0.29, 0.717) is 5.69 Å². The third kappa shape index (κ3) is 5.79. The third-order valence-electron chi connectivity index (χ3n) is 3.18. The SMILES string of the molecule is CC(C)=CC(=O)SCC(=O)N(CC(=O)O)c1c(C)ccc(Br)c1C. The monoisotopic (exact) mass is 413 g/mol. The molecule has 0 unspecified atom stereocenters. The Bertz CT molecular complexity index is 696. The number of aryl methyl sites for hydroxylation is 1. The average Bonchev–Trinajstić information content (AvgIpc) is 2.47. The van der Waals surface area contributed by atoms with Crippen molar-refractivity contribution in [1.29, 1.82) is 0 Å². The summed E-state index contributed by atoms with van der Waals surface area (Å²) >= 11 is 4.27. The van der Waals surface area contributed by atoms with Crippen molar-refractivity contribution in [1.82, 2.24) is 0 Å². The van der Waals surface area contributed by atoms with Crippen molar-refractivity contribution in [2.24, 2.45) is 0 Å². The molecule has 1 aromatic carbocycles. The molecule has 1 rings (SSSR count). The molecule has 0 fully saturated rings. The van der Waals surface area contributed by atoms with E-state index in [1.165, 1.54) is 11.0 Å². The number of benzene rings is 1. The number of allylic oxidation sites excluding steroid dienone is 1. The molecule has 0 aromatic heterocycles. The van der Waals surface area contributed by atoms with E-state index in [0.717, 1.165) is 32.9 Å². The van der Waals surface area contributed by atoms with Crippen LogP contribution in [0.5, 0.6) is 0 Å². The van der Waals surface area contributed by atoms with Crippen molar-refractivity contribution in [3.63, 3.8) is 0 Å². The first-order chi connectivity index (χ1) is 11.1. The summed E-state index contributed by atoms with van der Waals surface area (Å²) in [6.07, 6.45) is 1.45. The quantitative estimate of drug-likeness (QED) is 0.719. The van der Waals surface area contributed by atoms with E-state index >= 15 is 0 Å². The molecule has 7 heteroatoms. The lowest BCUT2D eigenvalue weighted by molar-refractivity contribution is -0.136. The maximum atomic E-state index is 12.5. The predicted molar refractivity (Wildman–Crippen MR) is 101 cm³/mol. The minimum Gasteiger partial charge on any atom is -0.480 e. The molecule has 0 aliphatic rings. The maximum absolute atomic E-state index is 12.5. The van der Waals surface area contributed by atoms with E-state index in [2.05, 4.69) is 15.9 Å². The van der Waals surface area contributed by atoms with Crippen LogP contribution in [-0.4, -0.2) is 34.4 Å². The lowest BCUT2D eigenvalue weighted by atomic mass is 10.1. The molecular weight excluding hydrogens is 394 g/mol. The van der Waals surface area contributed by atoms with Crippen molar-refractivity contribution in [2.45, 2.75) is 27.7 Å². The number of carbonyl (C=O) groups excluding carboxylic acids is 2. The van der Waals surface area contributed by atoms with Gasteiger partial charge in [-0.2, -0.15) is 0 Å². The molecule has 0 saturated heterocycles. The highest BCUT2D eigenvalue weighted by Gasteiger charge is 2.23. The van der Waals surface area contributed by atoms with Gasteiger partial charge in [-0.1, -0.05) is 39.3 Å². The molecule has 0 radical (unpaired) electrons. The Balaban J connectivity index is 3.08. The van der Waals surface area contributed by atoms with Gasteiger partial charge in [0, 0.05) is 4.47 Å². The summed E-state index contributed by atoms with van der Waals surface area (Å²) in [6.45, 7) is 6.78. The van der Waals surface area contributed by atoms with Gasteiger partial charge in [-0.3, -0.25) is 19.3 Å². The molecule has 1 N–H and O–H groups in total. The highest BCUT2D eigenvalue weighted by Crippen LogP contribution is 2.31. The highest BCUT2D eigenvalue weighted by molar-refractivity contribution is 9.10. The molecule has 0 aliphatic heterocycles. The Hall–Kier alpha value is -1.60. The zero-order valence-corrected chi connectivity index (χ0v) is 16.5. The summed E-state index contributed by atoms with van der Waals surface area (Å²) in [5, 5.41) is 8.93. The van der Waals surface area contributed by atoms with Gasteiger partial charge in [0.05, 0.1) is 11.4 Å². The van der Waals surface area contributed by atoms with Gasteiger partial charge in [-0.15, -0.1) is 0 Å². The topological polar surface area (TPSA) is 74.7 Å². The summed E-state index contributed by atoms with van der Waals surface area (Å²) < 4.78 is 0.791. The van der Waals surface area contributed by atoms with Crippen molar-refractivity contribution in [3.8, 4) is 0 Å². The van der Waals surface area contributed by atoms with Crippen molar-refractivity contribution in [3.05, 3.63) is 39.4 Å². The summed E-state index contributed by atoms with van der Waals surface area (Å²) in [7, 11) is 0. The second kappa shape index (κ2) is 9.03. The lowest BCUT2D eigenvalue weighted by Crippen LogP contribution is -2.38. The van der Waals surface area contributed by atoms with E-state index in [4.69, 9.17) is 5.11 Å². The van der Waals surface area contributed by atoms with E-state index < -0.39 is 18.4 Å². The molecule has 0 bridgehead atoms. The largest absolute Gasteiger partial charge is 0.480 e. The standard InChI is InChI=1S/C17H20BrNO4S/c1-10(2)7-16(23)24-9-14(20)19(8-15(21)22)17-11(3)5-6-13(18)12(17)4/h5-7H,8-9H2,1-4H3,(H,21,22). The first-order valence-corrected chi connectivity index (χ1v) is 9.00. The Labute approximate surface area is 154 Å². The molecule has 1 amide bonds. The smallest absolute Gasteiger partial charge is 0.323 e. The number of amides is 1.